The third-order valence-corrected chi connectivity index (χ3v) is 3.03. The van der Waals surface area contributed by atoms with Gasteiger partial charge in [0.15, 0.2) is 0 Å². The van der Waals surface area contributed by atoms with Gasteiger partial charge >= 0.3 is 0 Å². The van der Waals surface area contributed by atoms with Gasteiger partial charge in [0, 0.05) is 6.42 Å². The molecule has 0 spiro atoms. The minimum Gasteiger partial charge on any atom is -0.462 e. The van der Waals surface area contributed by atoms with Crippen LogP contribution in [0.4, 0.5) is 0 Å². The molecule has 0 heterocycles. The molecule has 1 aliphatic carbocycles. The third-order valence-electron chi connectivity index (χ3n) is 3.03. The molecule has 0 aromatic heterocycles. The highest BCUT2D eigenvalue weighted by Crippen LogP contribution is 2.25. The Hall–Kier alpha value is -2.48. The summed E-state index contributed by atoms with van der Waals surface area (Å²) in [5, 5.41) is 0. The van der Waals surface area contributed by atoms with Crippen molar-refractivity contribution in [3.63, 3.8) is 0 Å². The maximum atomic E-state index is 5.81. The molecule has 0 fully saturated rings. The Morgan fingerprint density at radius 3 is 2.00 bits per heavy atom. The predicted octanol–water partition coefficient (Wildman–Crippen LogP) is 5.09. The van der Waals surface area contributed by atoms with Crippen LogP contribution in [0.2, 0.25) is 0 Å². The van der Waals surface area contributed by atoms with Crippen molar-refractivity contribution in [1.29, 1.82) is 0 Å². The number of hydrogen-bond acceptors (Lipinski definition) is 2. The Balaban J connectivity index is 1.65. The van der Waals surface area contributed by atoms with E-state index in [2.05, 4.69) is 6.08 Å². The number of benzene rings is 2. The van der Waals surface area contributed by atoms with Gasteiger partial charge in [-0.25, -0.2) is 0 Å². The Morgan fingerprint density at radius 1 is 0.700 bits per heavy atom. The highest BCUT2D eigenvalue weighted by atomic mass is 16.5. The molecule has 2 aromatic carbocycles. The Kier molecular flexibility index (Phi) is 3.83. The first kappa shape index (κ1) is 12.5. The molecule has 0 radical (unpaired) electrons. The maximum absolute atomic E-state index is 5.81. The van der Waals surface area contributed by atoms with Gasteiger partial charge in [-0.3, -0.25) is 0 Å². The number of ether oxygens (including phenoxy) is 2. The van der Waals surface area contributed by atoms with Crippen LogP contribution in [0.15, 0.2) is 78.6 Å². The quantitative estimate of drug-likeness (QED) is 0.765. The molecule has 2 aromatic rings. The van der Waals surface area contributed by atoms with E-state index in [0.717, 1.165) is 35.8 Å². The molecule has 3 rings (SSSR count). The van der Waals surface area contributed by atoms with Gasteiger partial charge in [0.1, 0.15) is 23.0 Å². The van der Waals surface area contributed by atoms with Crippen LogP contribution in [0.1, 0.15) is 12.8 Å². The summed E-state index contributed by atoms with van der Waals surface area (Å²) < 4.78 is 11.6. The molecule has 20 heavy (non-hydrogen) atoms. The fraction of sp³-hybridized carbons (Fsp3) is 0.111. The molecular formula is C18H16O2. The number of para-hydroxylation sites is 1. The summed E-state index contributed by atoms with van der Waals surface area (Å²) in [7, 11) is 0. The first-order valence-corrected chi connectivity index (χ1v) is 6.77. The summed E-state index contributed by atoms with van der Waals surface area (Å²) in [6.07, 6.45) is 8.19. The molecular weight excluding hydrogens is 248 g/mol. The van der Waals surface area contributed by atoms with Gasteiger partial charge in [-0.2, -0.15) is 0 Å². The number of allylic oxidation sites excluding steroid dienone is 4. The minimum absolute atomic E-state index is 0.807. The lowest BCUT2D eigenvalue weighted by Crippen LogP contribution is -1.97. The monoisotopic (exact) mass is 264 g/mol. The van der Waals surface area contributed by atoms with Gasteiger partial charge < -0.3 is 9.47 Å². The normalized spacial score (nSPS) is 13.7. The van der Waals surface area contributed by atoms with Crippen molar-refractivity contribution in [2.45, 2.75) is 12.8 Å². The van der Waals surface area contributed by atoms with Crippen LogP contribution < -0.4 is 9.47 Å². The third kappa shape index (κ3) is 3.29. The molecule has 0 aliphatic heterocycles. The van der Waals surface area contributed by atoms with Crippen molar-refractivity contribution in [2.24, 2.45) is 0 Å². The van der Waals surface area contributed by atoms with Gasteiger partial charge in [-0.15, -0.1) is 0 Å². The Morgan fingerprint density at radius 2 is 1.35 bits per heavy atom. The molecule has 2 nitrogen and oxygen atoms in total. The minimum atomic E-state index is 0.807. The lowest BCUT2D eigenvalue weighted by atomic mass is 10.2. The lowest BCUT2D eigenvalue weighted by Gasteiger charge is -2.12. The van der Waals surface area contributed by atoms with E-state index in [1.807, 2.05) is 66.7 Å². The second-order valence-corrected chi connectivity index (χ2v) is 4.59. The van der Waals surface area contributed by atoms with E-state index in [9.17, 15) is 0 Å². The summed E-state index contributed by atoms with van der Waals surface area (Å²) in [6, 6.07) is 17.4. The van der Waals surface area contributed by atoms with Crippen LogP contribution in [0.5, 0.6) is 17.2 Å². The van der Waals surface area contributed by atoms with Gasteiger partial charge in [0.2, 0.25) is 0 Å². The Labute approximate surface area is 119 Å². The van der Waals surface area contributed by atoms with Crippen LogP contribution in [-0.2, 0) is 0 Å². The largest absolute Gasteiger partial charge is 0.462 e. The standard InChI is InChI=1S/C18H16O2/c1-3-7-15(8-4-1)19-17-11-13-18(14-12-17)20-16-9-5-2-6-10-16/h1-5,7-9,11-14H,6,10H2. The molecule has 0 saturated carbocycles. The van der Waals surface area contributed by atoms with E-state index in [1.165, 1.54) is 0 Å². The van der Waals surface area contributed by atoms with Crippen LogP contribution in [-0.4, -0.2) is 0 Å². The summed E-state index contributed by atoms with van der Waals surface area (Å²) in [4.78, 5) is 0. The molecule has 2 heteroatoms. The SMILES string of the molecule is C1=CCCC(Oc2ccc(Oc3ccccc3)cc2)=C1. The lowest BCUT2D eigenvalue weighted by molar-refractivity contribution is 0.401. The van der Waals surface area contributed by atoms with E-state index >= 15 is 0 Å². The smallest absolute Gasteiger partial charge is 0.127 e. The highest BCUT2D eigenvalue weighted by Gasteiger charge is 2.03. The van der Waals surface area contributed by atoms with Crippen molar-refractivity contribution in [3.05, 3.63) is 78.6 Å². The van der Waals surface area contributed by atoms with Crippen molar-refractivity contribution >= 4 is 0 Å². The molecule has 100 valence electrons. The van der Waals surface area contributed by atoms with Gasteiger partial charge in [-0.1, -0.05) is 30.4 Å². The maximum Gasteiger partial charge on any atom is 0.127 e. The van der Waals surface area contributed by atoms with Gasteiger partial charge in [-0.05, 0) is 48.9 Å². The zero-order chi connectivity index (χ0) is 13.6. The average molecular weight is 264 g/mol. The second kappa shape index (κ2) is 6.11. The van der Waals surface area contributed by atoms with E-state index in [-0.39, 0.29) is 0 Å². The average Bonchev–Trinajstić information content (AvgIpc) is 2.51. The van der Waals surface area contributed by atoms with E-state index < -0.39 is 0 Å². The fourth-order valence-corrected chi connectivity index (χ4v) is 2.02. The summed E-state index contributed by atoms with van der Waals surface area (Å²) in [5.41, 5.74) is 0. The molecule has 0 unspecified atom stereocenters. The van der Waals surface area contributed by atoms with Gasteiger partial charge in [0.05, 0.1) is 0 Å². The van der Waals surface area contributed by atoms with Crippen molar-refractivity contribution < 1.29 is 9.47 Å². The summed E-state index contributed by atoms with van der Waals surface area (Å²) in [5.74, 6) is 3.48. The fourth-order valence-electron chi connectivity index (χ4n) is 2.02. The predicted molar refractivity (Wildman–Crippen MR) is 80.0 cm³/mol. The topological polar surface area (TPSA) is 18.5 Å². The van der Waals surface area contributed by atoms with E-state index in [4.69, 9.17) is 9.47 Å². The zero-order valence-electron chi connectivity index (χ0n) is 11.2. The molecule has 0 amide bonds. The summed E-state index contributed by atoms with van der Waals surface area (Å²) >= 11 is 0. The van der Waals surface area contributed by atoms with Crippen LogP contribution in [0.3, 0.4) is 0 Å². The van der Waals surface area contributed by atoms with Crippen LogP contribution in [0.25, 0.3) is 0 Å². The van der Waals surface area contributed by atoms with E-state index in [0.29, 0.717) is 0 Å². The second-order valence-electron chi connectivity index (χ2n) is 4.59. The van der Waals surface area contributed by atoms with Crippen molar-refractivity contribution in [1.82, 2.24) is 0 Å². The molecule has 0 atom stereocenters. The molecule has 0 bridgehead atoms. The highest BCUT2D eigenvalue weighted by molar-refractivity contribution is 5.36. The van der Waals surface area contributed by atoms with Crippen molar-refractivity contribution in [2.75, 3.05) is 0 Å². The van der Waals surface area contributed by atoms with Crippen LogP contribution in [0, 0.1) is 0 Å². The molecule has 0 N–H and O–H groups in total. The van der Waals surface area contributed by atoms with Crippen LogP contribution >= 0.6 is 0 Å². The van der Waals surface area contributed by atoms with Crippen molar-refractivity contribution in [3.8, 4) is 17.2 Å². The van der Waals surface area contributed by atoms with E-state index in [1.54, 1.807) is 0 Å². The van der Waals surface area contributed by atoms with Gasteiger partial charge in [0.25, 0.3) is 0 Å². The first-order chi connectivity index (χ1) is 9.90. The number of rotatable bonds is 4. The first-order valence-electron chi connectivity index (χ1n) is 6.77. The number of hydrogen-bond donors (Lipinski definition) is 0. The summed E-state index contributed by atoms with van der Waals surface area (Å²) in [6.45, 7) is 0. The zero-order valence-corrected chi connectivity index (χ0v) is 11.2. The molecule has 1 aliphatic rings. The Bertz CT molecular complexity index is 610. The molecule has 0 saturated heterocycles.